The number of amides is 2. The number of carbonyl (C=O) groups is 2. The first kappa shape index (κ1) is 17.7. The largest absolute Gasteiger partial charge is 0.352 e. The maximum Gasteiger partial charge on any atom is 0.266 e. The fourth-order valence-electron chi connectivity index (χ4n) is 3.58. The fourth-order valence-corrected chi connectivity index (χ4v) is 4.69. The summed E-state index contributed by atoms with van der Waals surface area (Å²) >= 11 is 1.48. The molecule has 0 aliphatic heterocycles. The van der Waals surface area contributed by atoms with Gasteiger partial charge in [-0.05, 0) is 36.8 Å². The van der Waals surface area contributed by atoms with Gasteiger partial charge in [-0.2, -0.15) is 5.10 Å². The van der Waals surface area contributed by atoms with Crippen LogP contribution >= 0.6 is 11.3 Å². The third-order valence-electron chi connectivity index (χ3n) is 4.97. The van der Waals surface area contributed by atoms with Crippen LogP contribution in [-0.2, 0) is 11.3 Å². The molecule has 0 atom stereocenters. The summed E-state index contributed by atoms with van der Waals surface area (Å²) in [5, 5.41) is 11.2. The minimum Gasteiger partial charge on any atom is -0.352 e. The Balaban J connectivity index is 1.40. The lowest BCUT2D eigenvalue weighted by Crippen LogP contribution is -2.35. The number of nitrogens with one attached hydrogen (secondary N) is 2. The lowest BCUT2D eigenvalue weighted by atomic mass is 10.1. The van der Waals surface area contributed by atoms with Gasteiger partial charge in [-0.1, -0.05) is 31.0 Å². The fraction of sp³-hybridized carbons (Fsp3) is 0.350. The van der Waals surface area contributed by atoms with Crippen molar-refractivity contribution in [1.29, 1.82) is 0 Å². The molecule has 1 aliphatic rings. The van der Waals surface area contributed by atoms with Crippen molar-refractivity contribution < 1.29 is 9.59 Å². The van der Waals surface area contributed by atoms with E-state index in [4.69, 9.17) is 0 Å². The first-order chi connectivity index (χ1) is 13.1. The number of hydrogen-bond acceptors (Lipinski definition) is 4. The zero-order valence-corrected chi connectivity index (χ0v) is 16.0. The van der Waals surface area contributed by atoms with Crippen LogP contribution < -0.4 is 10.6 Å². The number of benzene rings is 1. The zero-order chi connectivity index (χ0) is 18.8. The second kappa shape index (κ2) is 7.52. The van der Waals surface area contributed by atoms with E-state index in [1.54, 1.807) is 17.1 Å². The van der Waals surface area contributed by atoms with Crippen molar-refractivity contribution in [2.45, 2.75) is 45.2 Å². The molecule has 0 unspecified atom stereocenters. The average molecular weight is 382 g/mol. The third-order valence-corrected chi connectivity index (χ3v) is 6.24. The van der Waals surface area contributed by atoms with Crippen molar-refractivity contribution in [1.82, 2.24) is 15.1 Å². The van der Waals surface area contributed by atoms with Gasteiger partial charge in [-0.25, -0.2) is 0 Å². The number of hydrogen-bond donors (Lipinski definition) is 2. The van der Waals surface area contributed by atoms with Crippen LogP contribution in [0.5, 0.6) is 0 Å². The number of carbonyl (C=O) groups excluding carboxylic acids is 2. The lowest BCUT2D eigenvalue weighted by Gasteiger charge is -2.11. The monoisotopic (exact) mass is 382 g/mol. The Morgan fingerprint density at radius 2 is 2.04 bits per heavy atom. The van der Waals surface area contributed by atoms with Crippen LogP contribution in [0.25, 0.3) is 10.1 Å². The molecule has 1 aromatic carbocycles. The highest BCUT2D eigenvalue weighted by Gasteiger charge is 2.18. The summed E-state index contributed by atoms with van der Waals surface area (Å²) in [6.45, 7) is 2.12. The molecule has 3 aromatic rings. The van der Waals surface area contributed by atoms with Gasteiger partial charge >= 0.3 is 0 Å². The molecule has 140 valence electrons. The number of aryl methyl sites for hydroxylation is 1. The molecule has 2 amide bonds. The molecule has 1 saturated carbocycles. The number of nitrogens with zero attached hydrogens (tertiary/aromatic N) is 2. The summed E-state index contributed by atoms with van der Waals surface area (Å²) in [5.74, 6) is -0.188. The molecular formula is C20H22N4O2S. The third kappa shape index (κ3) is 3.88. The minimum absolute atomic E-state index is 0.0387. The Hall–Kier alpha value is -2.67. The predicted octanol–water partition coefficient (Wildman–Crippen LogP) is 3.72. The van der Waals surface area contributed by atoms with Gasteiger partial charge in [-0.3, -0.25) is 14.3 Å². The molecule has 4 rings (SSSR count). The average Bonchev–Trinajstić information content (AvgIpc) is 3.37. The molecule has 2 heterocycles. The maximum atomic E-state index is 12.6. The number of fused-ring (bicyclic) bond motifs is 1. The van der Waals surface area contributed by atoms with Crippen LogP contribution in [0, 0.1) is 6.92 Å². The van der Waals surface area contributed by atoms with E-state index in [9.17, 15) is 9.59 Å². The Bertz CT molecular complexity index is 985. The normalized spacial score (nSPS) is 14.6. The Morgan fingerprint density at radius 1 is 1.26 bits per heavy atom. The molecule has 0 bridgehead atoms. The number of anilines is 1. The Labute approximate surface area is 161 Å². The van der Waals surface area contributed by atoms with Crippen molar-refractivity contribution in [3.63, 3.8) is 0 Å². The summed E-state index contributed by atoms with van der Waals surface area (Å²) in [7, 11) is 0. The van der Waals surface area contributed by atoms with Crippen LogP contribution in [-0.4, -0.2) is 27.6 Å². The lowest BCUT2D eigenvalue weighted by molar-refractivity contribution is -0.122. The molecule has 2 N–H and O–H groups in total. The van der Waals surface area contributed by atoms with E-state index in [1.807, 2.05) is 31.2 Å². The summed E-state index contributed by atoms with van der Waals surface area (Å²) in [6, 6.07) is 8.29. The van der Waals surface area contributed by atoms with Crippen molar-refractivity contribution in [2.75, 3.05) is 5.32 Å². The van der Waals surface area contributed by atoms with Crippen molar-refractivity contribution in [3.05, 3.63) is 47.1 Å². The van der Waals surface area contributed by atoms with E-state index in [0.29, 0.717) is 16.6 Å². The summed E-state index contributed by atoms with van der Waals surface area (Å²) < 4.78 is 2.65. The molecule has 6 nitrogen and oxygen atoms in total. The number of rotatable bonds is 5. The maximum absolute atomic E-state index is 12.6. The highest BCUT2D eigenvalue weighted by Crippen LogP contribution is 2.31. The smallest absolute Gasteiger partial charge is 0.266 e. The Morgan fingerprint density at radius 3 is 2.81 bits per heavy atom. The Kier molecular flexibility index (Phi) is 4.94. The molecule has 1 fully saturated rings. The van der Waals surface area contributed by atoms with Gasteiger partial charge in [0, 0.05) is 16.9 Å². The van der Waals surface area contributed by atoms with E-state index in [1.165, 1.54) is 24.2 Å². The van der Waals surface area contributed by atoms with Crippen LogP contribution in [0.15, 0.2) is 36.7 Å². The van der Waals surface area contributed by atoms with Gasteiger partial charge < -0.3 is 10.6 Å². The van der Waals surface area contributed by atoms with Gasteiger partial charge in [-0.15, -0.1) is 11.3 Å². The van der Waals surface area contributed by atoms with Gasteiger partial charge in [0.05, 0.1) is 16.8 Å². The first-order valence-corrected chi connectivity index (χ1v) is 10.0. The summed E-state index contributed by atoms with van der Waals surface area (Å²) in [5.41, 5.74) is 1.57. The van der Waals surface area contributed by atoms with Gasteiger partial charge in [0.1, 0.15) is 6.54 Å². The van der Waals surface area contributed by atoms with Crippen LogP contribution in [0.4, 0.5) is 5.69 Å². The quantitative estimate of drug-likeness (QED) is 0.706. The highest BCUT2D eigenvalue weighted by molar-refractivity contribution is 7.21. The number of thiophene rings is 1. The zero-order valence-electron chi connectivity index (χ0n) is 15.2. The first-order valence-electron chi connectivity index (χ1n) is 9.21. The standard InChI is InChI=1S/C20H22N4O2S/c1-13-16-8-4-5-9-17(16)27-19(13)20(26)23-15-10-21-24(11-15)12-18(25)22-14-6-2-3-7-14/h4-5,8-11,14H,2-3,6-7,12H2,1H3,(H,22,25)(H,23,26). The van der Waals surface area contributed by atoms with Gasteiger partial charge in [0.2, 0.25) is 5.91 Å². The molecule has 2 aromatic heterocycles. The topological polar surface area (TPSA) is 76.0 Å². The van der Waals surface area contributed by atoms with Crippen molar-refractivity contribution in [3.8, 4) is 0 Å². The number of aromatic nitrogens is 2. The van der Waals surface area contributed by atoms with Gasteiger partial charge in [0.25, 0.3) is 5.91 Å². The molecule has 0 spiro atoms. The highest BCUT2D eigenvalue weighted by atomic mass is 32.1. The van der Waals surface area contributed by atoms with Crippen molar-refractivity contribution in [2.24, 2.45) is 0 Å². The second-order valence-corrected chi connectivity index (χ2v) is 8.03. The van der Waals surface area contributed by atoms with Crippen LogP contribution in [0.1, 0.15) is 40.9 Å². The van der Waals surface area contributed by atoms with E-state index in [2.05, 4.69) is 15.7 Å². The van der Waals surface area contributed by atoms with E-state index < -0.39 is 0 Å². The molecule has 27 heavy (non-hydrogen) atoms. The molecule has 0 radical (unpaired) electrons. The van der Waals surface area contributed by atoms with Gasteiger partial charge in [0.15, 0.2) is 0 Å². The van der Waals surface area contributed by atoms with Crippen LogP contribution in [0.3, 0.4) is 0 Å². The predicted molar refractivity (Wildman–Crippen MR) is 107 cm³/mol. The minimum atomic E-state index is -0.149. The van der Waals surface area contributed by atoms with E-state index in [0.717, 1.165) is 28.5 Å². The SMILES string of the molecule is Cc1c(C(=O)Nc2cnn(CC(=O)NC3CCCC3)c2)sc2ccccc12. The van der Waals surface area contributed by atoms with Crippen molar-refractivity contribution >= 4 is 38.9 Å². The molecule has 7 heteroatoms. The van der Waals surface area contributed by atoms with E-state index in [-0.39, 0.29) is 18.4 Å². The summed E-state index contributed by atoms with van der Waals surface area (Å²) in [4.78, 5) is 25.5. The summed E-state index contributed by atoms with van der Waals surface area (Å²) in [6.07, 6.45) is 7.74. The molecule has 1 aliphatic carbocycles. The molecular weight excluding hydrogens is 360 g/mol. The van der Waals surface area contributed by atoms with Crippen LogP contribution in [0.2, 0.25) is 0 Å². The second-order valence-electron chi connectivity index (χ2n) is 6.98. The molecule has 0 saturated heterocycles. The van der Waals surface area contributed by atoms with E-state index >= 15 is 0 Å².